The van der Waals surface area contributed by atoms with E-state index in [9.17, 15) is 9.18 Å². The van der Waals surface area contributed by atoms with Crippen molar-refractivity contribution >= 4 is 29.1 Å². The fourth-order valence-electron chi connectivity index (χ4n) is 3.74. The third-order valence-electron chi connectivity index (χ3n) is 5.25. The average Bonchev–Trinajstić information content (AvgIpc) is 3.22. The molecule has 0 radical (unpaired) electrons. The minimum absolute atomic E-state index is 0.201. The highest BCUT2D eigenvalue weighted by molar-refractivity contribution is 6.33. The van der Waals surface area contributed by atoms with Gasteiger partial charge < -0.3 is 4.52 Å². The van der Waals surface area contributed by atoms with Crippen LogP contribution >= 0.6 is 11.6 Å². The summed E-state index contributed by atoms with van der Waals surface area (Å²) in [4.78, 5) is 21.5. The molecule has 0 bridgehead atoms. The predicted octanol–water partition coefficient (Wildman–Crippen LogP) is 5.80. The summed E-state index contributed by atoms with van der Waals surface area (Å²) in [7, 11) is 0. The number of aromatic nitrogens is 3. The molecular formula is C23H19ClFN4O2+. The number of carbonyl (C=O) groups is 1. The van der Waals surface area contributed by atoms with Gasteiger partial charge in [0.1, 0.15) is 28.4 Å². The molecule has 4 aromatic rings. The Kier molecular flexibility index (Phi) is 5.63. The second-order valence-electron chi connectivity index (χ2n) is 6.91. The molecular weight excluding hydrogens is 419 g/mol. The Morgan fingerprint density at radius 2 is 1.87 bits per heavy atom. The average molecular weight is 438 g/mol. The van der Waals surface area contributed by atoms with Gasteiger partial charge in [-0.3, -0.25) is 0 Å². The molecule has 2 heterocycles. The highest BCUT2D eigenvalue weighted by Gasteiger charge is 2.46. The lowest BCUT2D eigenvalue weighted by atomic mass is 10.0. The van der Waals surface area contributed by atoms with Crippen LogP contribution in [0.1, 0.15) is 13.8 Å². The van der Waals surface area contributed by atoms with Gasteiger partial charge in [0.05, 0.1) is 19.2 Å². The van der Waals surface area contributed by atoms with Crippen LogP contribution in [0.5, 0.6) is 0 Å². The van der Waals surface area contributed by atoms with E-state index in [1.165, 1.54) is 25.4 Å². The third-order valence-corrected chi connectivity index (χ3v) is 5.57. The van der Waals surface area contributed by atoms with E-state index in [4.69, 9.17) is 16.1 Å². The van der Waals surface area contributed by atoms with Crippen molar-refractivity contribution < 1.29 is 13.7 Å². The van der Waals surface area contributed by atoms with Crippen molar-refractivity contribution in [2.45, 2.75) is 13.8 Å². The zero-order valence-corrected chi connectivity index (χ0v) is 17.7. The van der Waals surface area contributed by atoms with Gasteiger partial charge in [0.25, 0.3) is 0 Å². The molecule has 2 aromatic heterocycles. The molecule has 1 amide bonds. The molecule has 0 saturated heterocycles. The molecule has 2 aromatic carbocycles. The normalized spacial score (nSPS) is 13.0. The number of nitrogens with zero attached hydrogens (tertiary/aromatic N) is 4. The maximum Gasteiger partial charge on any atom is 0.344 e. The topological polar surface area (TPSA) is 68.9 Å². The van der Waals surface area contributed by atoms with Crippen LogP contribution in [0.2, 0.25) is 5.02 Å². The minimum atomic E-state index is -0.366. The number of halogens is 2. The highest BCUT2D eigenvalue weighted by atomic mass is 35.5. The summed E-state index contributed by atoms with van der Waals surface area (Å²) < 4.78 is 19.1. The van der Waals surface area contributed by atoms with Gasteiger partial charge in [-0.25, -0.2) is 19.2 Å². The lowest BCUT2D eigenvalue weighted by Crippen LogP contribution is -2.48. The van der Waals surface area contributed by atoms with Crippen molar-refractivity contribution in [1.82, 2.24) is 19.6 Å². The van der Waals surface area contributed by atoms with Gasteiger partial charge in [0.2, 0.25) is 0 Å². The first-order valence-corrected chi connectivity index (χ1v) is 10.0. The van der Waals surface area contributed by atoms with Gasteiger partial charge in [-0.2, -0.15) is 4.48 Å². The number of carbonyl (C=O) groups excluding carboxylic acids is 1. The molecule has 31 heavy (non-hydrogen) atoms. The minimum Gasteiger partial charge on any atom is -0.301 e. The summed E-state index contributed by atoms with van der Waals surface area (Å²) in [5.74, 6) is -0.289. The largest absolute Gasteiger partial charge is 0.344 e. The van der Waals surface area contributed by atoms with E-state index >= 15 is 0 Å². The predicted molar refractivity (Wildman–Crippen MR) is 117 cm³/mol. The van der Waals surface area contributed by atoms with Crippen LogP contribution in [0.3, 0.4) is 0 Å². The van der Waals surface area contributed by atoms with E-state index in [-0.39, 0.29) is 22.1 Å². The van der Waals surface area contributed by atoms with Crippen molar-refractivity contribution in [3.8, 4) is 22.5 Å². The number of hydrogen-bond acceptors (Lipinski definition) is 5. The van der Waals surface area contributed by atoms with Crippen molar-refractivity contribution in [2.75, 3.05) is 6.54 Å². The van der Waals surface area contributed by atoms with E-state index in [1.54, 1.807) is 42.6 Å². The Hall–Kier alpha value is -3.42. The second-order valence-corrected chi connectivity index (χ2v) is 7.32. The van der Waals surface area contributed by atoms with Gasteiger partial charge in [0, 0.05) is 17.8 Å². The van der Waals surface area contributed by atoms with E-state index in [0.29, 0.717) is 39.8 Å². The molecule has 0 fully saturated rings. The lowest BCUT2D eigenvalue weighted by Gasteiger charge is -2.31. The van der Waals surface area contributed by atoms with Crippen molar-refractivity contribution in [1.29, 1.82) is 0 Å². The molecule has 0 aliphatic carbocycles. The van der Waals surface area contributed by atoms with Crippen LogP contribution in [0.25, 0.3) is 22.5 Å². The van der Waals surface area contributed by atoms with E-state index < -0.39 is 0 Å². The SMILES string of the molecule is CC[N+](C(C)=O)(c1ccccc1Cl)c1onc(-c2ccc(F)cc2)c1-c1ccncn1. The van der Waals surface area contributed by atoms with Crippen molar-refractivity contribution in [3.63, 3.8) is 0 Å². The molecule has 6 nitrogen and oxygen atoms in total. The van der Waals surface area contributed by atoms with E-state index in [0.717, 1.165) is 0 Å². The molecule has 0 saturated carbocycles. The Balaban J connectivity index is 2.07. The maximum atomic E-state index is 13.5. The number of benzene rings is 2. The van der Waals surface area contributed by atoms with E-state index in [1.807, 2.05) is 13.0 Å². The number of rotatable bonds is 5. The van der Waals surface area contributed by atoms with Crippen molar-refractivity contribution in [2.24, 2.45) is 0 Å². The van der Waals surface area contributed by atoms with Crippen LogP contribution in [0.15, 0.2) is 71.6 Å². The molecule has 0 spiro atoms. The number of hydrogen-bond donors (Lipinski definition) is 0. The van der Waals surface area contributed by atoms with Crippen LogP contribution in [0, 0.1) is 5.82 Å². The third kappa shape index (κ3) is 3.52. The lowest BCUT2D eigenvalue weighted by molar-refractivity contribution is -0.125. The quantitative estimate of drug-likeness (QED) is 0.369. The summed E-state index contributed by atoms with van der Waals surface area (Å²) in [6, 6.07) is 14.7. The zero-order valence-electron chi connectivity index (χ0n) is 16.9. The number of amides is 1. The highest BCUT2D eigenvalue weighted by Crippen LogP contribution is 2.47. The maximum absolute atomic E-state index is 13.5. The summed E-state index contributed by atoms with van der Waals surface area (Å²) in [6.07, 6.45) is 3.00. The van der Waals surface area contributed by atoms with Gasteiger partial charge >= 0.3 is 11.8 Å². The number of para-hydroxylation sites is 1. The molecule has 0 aliphatic rings. The first-order chi connectivity index (χ1) is 15.0. The van der Waals surface area contributed by atoms with Crippen molar-refractivity contribution in [3.05, 3.63) is 78.0 Å². The first-order valence-electron chi connectivity index (χ1n) is 9.66. The Labute approximate surface area is 183 Å². The fraction of sp³-hybridized carbons (Fsp3) is 0.130. The number of quaternary nitrogens is 1. The second kappa shape index (κ2) is 8.37. The summed E-state index contributed by atoms with van der Waals surface area (Å²) in [5, 5.41) is 4.70. The molecule has 1 atom stereocenters. The fourth-order valence-corrected chi connectivity index (χ4v) is 4.02. The Morgan fingerprint density at radius 1 is 1.13 bits per heavy atom. The van der Waals surface area contributed by atoms with Crippen LogP contribution < -0.4 is 4.48 Å². The van der Waals surface area contributed by atoms with Crippen LogP contribution in [0.4, 0.5) is 16.0 Å². The summed E-state index contributed by atoms with van der Waals surface area (Å²) >= 11 is 6.52. The summed E-state index contributed by atoms with van der Waals surface area (Å²) in [5.41, 5.74) is 2.68. The molecule has 0 aliphatic heterocycles. The van der Waals surface area contributed by atoms with Crippen LogP contribution in [-0.2, 0) is 4.79 Å². The monoisotopic (exact) mass is 437 g/mol. The first kappa shape index (κ1) is 20.8. The van der Waals surface area contributed by atoms with E-state index in [2.05, 4.69) is 15.1 Å². The van der Waals surface area contributed by atoms with Gasteiger partial charge in [-0.15, -0.1) is 0 Å². The Morgan fingerprint density at radius 3 is 2.48 bits per heavy atom. The Bertz CT molecular complexity index is 1230. The molecule has 4 rings (SSSR count). The van der Waals surface area contributed by atoms with Gasteiger partial charge in [-0.05, 0) is 43.3 Å². The molecule has 1 unspecified atom stereocenters. The molecule has 8 heteroatoms. The summed E-state index contributed by atoms with van der Waals surface area (Å²) in [6.45, 7) is 3.68. The molecule has 156 valence electrons. The van der Waals surface area contributed by atoms with Gasteiger partial charge in [-0.1, -0.05) is 28.9 Å². The zero-order chi connectivity index (χ0) is 22.0. The molecule has 0 N–H and O–H groups in total. The van der Waals surface area contributed by atoms with Crippen LogP contribution in [-0.4, -0.2) is 27.6 Å². The van der Waals surface area contributed by atoms with Gasteiger partial charge in [0.15, 0.2) is 5.69 Å². The standard InChI is InChI=1S/C23H19ClFN4O2/c1-3-29(15(2)30,20-7-5-4-6-18(20)24)23-21(19-12-13-26-14-27-19)22(28-31-23)16-8-10-17(25)11-9-16/h4-14H,3H2,1-2H3/q+1. The smallest absolute Gasteiger partial charge is 0.301 e.